The Morgan fingerprint density at radius 3 is 2.36 bits per heavy atom. The van der Waals surface area contributed by atoms with Crippen LogP contribution in [0.15, 0.2) is 54.6 Å². The topological polar surface area (TPSA) is 72.5 Å². The highest BCUT2D eigenvalue weighted by Crippen LogP contribution is 2.20. The van der Waals surface area contributed by atoms with E-state index < -0.39 is 12.1 Å². The van der Waals surface area contributed by atoms with Gasteiger partial charge in [-0.25, -0.2) is 4.79 Å². The molecule has 0 bridgehead atoms. The molecule has 0 aliphatic heterocycles. The summed E-state index contributed by atoms with van der Waals surface area (Å²) in [7, 11) is 0. The summed E-state index contributed by atoms with van der Waals surface area (Å²) in [5.74, 6) is -0.580. The normalized spacial score (nSPS) is 13.2. The van der Waals surface area contributed by atoms with Crippen molar-refractivity contribution in [2.45, 2.75) is 44.8 Å². The van der Waals surface area contributed by atoms with E-state index in [4.69, 9.17) is 10.5 Å². The van der Waals surface area contributed by atoms with Gasteiger partial charge in [0.05, 0.1) is 6.61 Å². The molecule has 0 heterocycles. The first-order chi connectivity index (χ1) is 12.1. The Bertz CT molecular complexity index is 640. The number of nitrogens with two attached hydrogens (primary N) is 1. The molecule has 4 nitrogen and oxygen atoms in total. The van der Waals surface area contributed by atoms with Crippen molar-refractivity contribution < 1.29 is 14.6 Å². The first kappa shape index (κ1) is 19.2. The van der Waals surface area contributed by atoms with Crippen LogP contribution in [0.3, 0.4) is 0 Å². The molecular weight excluding hydrogens is 314 g/mol. The molecule has 2 aromatic rings. The summed E-state index contributed by atoms with van der Waals surface area (Å²) >= 11 is 0. The number of ether oxygens (including phenoxy) is 1. The summed E-state index contributed by atoms with van der Waals surface area (Å²) in [5.41, 5.74) is 9.48. The van der Waals surface area contributed by atoms with E-state index >= 15 is 0 Å². The minimum Gasteiger partial charge on any atom is -0.464 e. The second kappa shape index (κ2) is 9.97. The highest BCUT2D eigenvalue weighted by atomic mass is 16.5. The predicted molar refractivity (Wildman–Crippen MR) is 100 cm³/mol. The molecule has 0 fully saturated rings. The number of carbonyl (C=O) groups excluding carboxylic acids is 1. The standard InChI is InChI=1S/C21H27NO3/c1-2-3-13-25-21(24)20(23)15-19(22)14-16-9-11-18(12-10-16)17-7-5-4-6-8-17/h4-12,19-20,23H,2-3,13-15,22H2,1H3/t19?,20-/m1/s1. The number of hydrogen-bond acceptors (Lipinski definition) is 4. The van der Waals surface area contributed by atoms with E-state index in [1.165, 1.54) is 5.56 Å². The Balaban J connectivity index is 1.84. The molecule has 0 amide bonds. The van der Waals surface area contributed by atoms with Crippen LogP contribution >= 0.6 is 0 Å². The minimum atomic E-state index is -1.16. The van der Waals surface area contributed by atoms with Gasteiger partial charge in [-0.05, 0) is 36.0 Å². The molecular formula is C21H27NO3. The molecule has 0 aromatic heterocycles. The van der Waals surface area contributed by atoms with Gasteiger partial charge in [-0.15, -0.1) is 0 Å². The molecule has 134 valence electrons. The largest absolute Gasteiger partial charge is 0.464 e. The average Bonchev–Trinajstić information content (AvgIpc) is 2.63. The Morgan fingerprint density at radius 2 is 1.72 bits per heavy atom. The lowest BCUT2D eigenvalue weighted by molar-refractivity contribution is -0.154. The quantitative estimate of drug-likeness (QED) is 0.542. The number of hydrogen-bond donors (Lipinski definition) is 2. The Labute approximate surface area is 149 Å². The molecule has 2 rings (SSSR count). The van der Waals surface area contributed by atoms with Crippen molar-refractivity contribution in [1.82, 2.24) is 0 Å². The molecule has 0 saturated carbocycles. The summed E-state index contributed by atoms with van der Waals surface area (Å²) in [6.07, 6.45) is 1.40. The van der Waals surface area contributed by atoms with Crippen LogP contribution in [0, 0.1) is 0 Å². The molecule has 3 N–H and O–H groups in total. The molecule has 2 atom stereocenters. The zero-order valence-corrected chi connectivity index (χ0v) is 14.7. The monoisotopic (exact) mass is 341 g/mol. The fourth-order valence-electron chi connectivity index (χ4n) is 2.65. The molecule has 0 aliphatic rings. The zero-order valence-electron chi connectivity index (χ0n) is 14.7. The number of aliphatic hydroxyl groups is 1. The third-order valence-electron chi connectivity index (χ3n) is 4.10. The van der Waals surface area contributed by atoms with Gasteiger partial charge in [0.2, 0.25) is 0 Å². The van der Waals surface area contributed by atoms with Gasteiger partial charge >= 0.3 is 5.97 Å². The van der Waals surface area contributed by atoms with Gasteiger partial charge in [0, 0.05) is 6.04 Å². The van der Waals surface area contributed by atoms with Crippen LogP contribution in [-0.4, -0.2) is 29.8 Å². The minimum absolute atomic E-state index is 0.200. The maximum absolute atomic E-state index is 11.7. The number of carbonyl (C=O) groups is 1. The van der Waals surface area contributed by atoms with Crippen LogP contribution in [0.4, 0.5) is 0 Å². The van der Waals surface area contributed by atoms with Crippen molar-refractivity contribution >= 4 is 5.97 Å². The van der Waals surface area contributed by atoms with E-state index in [1.807, 2.05) is 37.3 Å². The Hall–Kier alpha value is -2.17. The van der Waals surface area contributed by atoms with Crippen LogP contribution < -0.4 is 5.73 Å². The van der Waals surface area contributed by atoms with Crippen molar-refractivity contribution in [3.8, 4) is 11.1 Å². The summed E-state index contributed by atoms with van der Waals surface area (Å²) in [6.45, 7) is 2.37. The van der Waals surface area contributed by atoms with Crippen LogP contribution in [-0.2, 0) is 16.0 Å². The molecule has 0 spiro atoms. The molecule has 25 heavy (non-hydrogen) atoms. The molecule has 2 aromatic carbocycles. The average molecular weight is 341 g/mol. The highest BCUT2D eigenvalue weighted by molar-refractivity contribution is 5.74. The van der Waals surface area contributed by atoms with Crippen molar-refractivity contribution in [2.24, 2.45) is 5.73 Å². The van der Waals surface area contributed by atoms with Crippen molar-refractivity contribution in [2.75, 3.05) is 6.61 Å². The molecule has 1 unspecified atom stereocenters. The van der Waals surface area contributed by atoms with Crippen LogP contribution in [0.1, 0.15) is 31.7 Å². The first-order valence-electron chi connectivity index (χ1n) is 8.84. The lowest BCUT2D eigenvalue weighted by Gasteiger charge is -2.16. The third kappa shape index (κ3) is 6.33. The fraction of sp³-hybridized carbons (Fsp3) is 0.381. The lowest BCUT2D eigenvalue weighted by Crippen LogP contribution is -2.33. The van der Waals surface area contributed by atoms with Gasteiger partial charge in [0.1, 0.15) is 0 Å². The van der Waals surface area contributed by atoms with Gasteiger partial charge in [-0.1, -0.05) is 67.9 Å². The van der Waals surface area contributed by atoms with Gasteiger partial charge in [0.15, 0.2) is 6.10 Å². The van der Waals surface area contributed by atoms with Gasteiger partial charge < -0.3 is 15.6 Å². The predicted octanol–water partition coefficient (Wildman–Crippen LogP) is 3.32. The molecule has 0 radical (unpaired) electrons. The van der Waals surface area contributed by atoms with Crippen molar-refractivity contribution in [3.05, 3.63) is 60.2 Å². The smallest absolute Gasteiger partial charge is 0.335 e. The van der Waals surface area contributed by atoms with Crippen molar-refractivity contribution in [1.29, 1.82) is 0 Å². The SMILES string of the molecule is CCCCOC(=O)[C@H](O)CC(N)Cc1ccc(-c2ccccc2)cc1. The maximum atomic E-state index is 11.7. The number of rotatable bonds is 9. The summed E-state index contributed by atoms with van der Waals surface area (Å²) in [5, 5.41) is 9.90. The maximum Gasteiger partial charge on any atom is 0.335 e. The molecule has 0 saturated heterocycles. The summed E-state index contributed by atoms with van der Waals surface area (Å²) < 4.78 is 5.02. The van der Waals surface area contributed by atoms with Crippen LogP contribution in [0.5, 0.6) is 0 Å². The summed E-state index contributed by atoms with van der Waals surface area (Å²) in [6, 6.07) is 18.1. The van der Waals surface area contributed by atoms with Gasteiger partial charge in [-0.3, -0.25) is 0 Å². The van der Waals surface area contributed by atoms with Gasteiger partial charge in [-0.2, -0.15) is 0 Å². The van der Waals surface area contributed by atoms with Crippen LogP contribution in [0.25, 0.3) is 11.1 Å². The summed E-state index contributed by atoms with van der Waals surface area (Å²) in [4.78, 5) is 11.7. The van der Waals surface area contributed by atoms with E-state index in [0.717, 1.165) is 24.0 Å². The molecule has 0 aliphatic carbocycles. The Kier molecular flexibility index (Phi) is 7.64. The molecule has 4 heteroatoms. The third-order valence-corrected chi connectivity index (χ3v) is 4.10. The zero-order chi connectivity index (χ0) is 18.1. The lowest BCUT2D eigenvalue weighted by atomic mass is 9.98. The van der Waals surface area contributed by atoms with Crippen LogP contribution in [0.2, 0.25) is 0 Å². The second-order valence-corrected chi connectivity index (χ2v) is 6.30. The van der Waals surface area contributed by atoms with E-state index in [1.54, 1.807) is 0 Å². The van der Waals surface area contributed by atoms with Crippen molar-refractivity contribution in [3.63, 3.8) is 0 Å². The fourth-order valence-corrected chi connectivity index (χ4v) is 2.65. The highest BCUT2D eigenvalue weighted by Gasteiger charge is 2.20. The van der Waals surface area contributed by atoms with E-state index in [9.17, 15) is 9.90 Å². The second-order valence-electron chi connectivity index (χ2n) is 6.30. The number of unbranched alkanes of at least 4 members (excludes halogenated alkanes) is 1. The first-order valence-corrected chi connectivity index (χ1v) is 8.84. The Morgan fingerprint density at radius 1 is 1.08 bits per heavy atom. The van der Waals surface area contributed by atoms with Gasteiger partial charge in [0.25, 0.3) is 0 Å². The number of esters is 1. The number of benzene rings is 2. The van der Waals surface area contributed by atoms with E-state index in [2.05, 4.69) is 24.3 Å². The van der Waals surface area contributed by atoms with E-state index in [0.29, 0.717) is 13.0 Å². The van der Waals surface area contributed by atoms with E-state index in [-0.39, 0.29) is 12.5 Å². The number of aliphatic hydroxyl groups excluding tert-OH is 1.